The first-order chi connectivity index (χ1) is 11.8. The van der Waals surface area contributed by atoms with Gasteiger partial charge in [0, 0.05) is 18.3 Å². The summed E-state index contributed by atoms with van der Waals surface area (Å²) in [6, 6.07) is 17.3. The summed E-state index contributed by atoms with van der Waals surface area (Å²) >= 11 is 6.47. The van der Waals surface area contributed by atoms with Crippen molar-refractivity contribution in [2.45, 2.75) is 37.6 Å². The van der Waals surface area contributed by atoms with E-state index >= 15 is 0 Å². The highest BCUT2D eigenvalue weighted by molar-refractivity contribution is 7.99. The minimum atomic E-state index is 0.504. The molecule has 0 bridgehead atoms. The Morgan fingerprint density at radius 3 is 2.29 bits per heavy atom. The zero-order valence-corrected chi connectivity index (χ0v) is 15.9. The number of aryl methyl sites for hydroxylation is 1. The molecule has 1 atom stereocenters. The molecule has 0 fully saturated rings. The van der Waals surface area contributed by atoms with Crippen molar-refractivity contribution in [2.24, 2.45) is 11.5 Å². The fourth-order valence-electron chi connectivity index (χ4n) is 2.80. The van der Waals surface area contributed by atoms with Crippen molar-refractivity contribution in [3.05, 3.63) is 70.8 Å². The molecule has 2 rings (SSSR count). The number of rotatable bonds is 10. The van der Waals surface area contributed by atoms with E-state index in [4.69, 9.17) is 11.5 Å². The lowest BCUT2D eigenvalue weighted by molar-refractivity contribution is 0.884. The summed E-state index contributed by atoms with van der Waals surface area (Å²) in [5, 5.41) is 0.504. The van der Waals surface area contributed by atoms with Crippen LogP contribution < -0.4 is 11.5 Å². The largest absolute Gasteiger partial charge is 0.326 e. The van der Waals surface area contributed by atoms with Gasteiger partial charge in [0.25, 0.3) is 0 Å². The second-order valence-corrected chi connectivity index (χ2v) is 7.71. The maximum absolute atomic E-state index is 5.77. The van der Waals surface area contributed by atoms with Crippen molar-refractivity contribution >= 4 is 24.4 Å². The molecule has 0 aliphatic rings. The van der Waals surface area contributed by atoms with Crippen LogP contribution in [0.5, 0.6) is 0 Å². The lowest BCUT2D eigenvalue weighted by Crippen LogP contribution is -2.01. The summed E-state index contributed by atoms with van der Waals surface area (Å²) in [4.78, 5) is 0. The molecule has 0 amide bonds. The molecule has 0 radical (unpaired) electrons. The van der Waals surface area contributed by atoms with E-state index in [1.165, 1.54) is 28.7 Å². The molecule has 0 aliphatic heterocycles. The molecule has 0 aromatic heterocycles. The van der Waals surface area contributed by atoms with Gasteiger partial charge in [0.1, 0.15) is 0 Å². The van der Waals surface area contributed by atoms with Gasteiger partial charge in [-0.3, -0.25) is 0 Å². The van der Waals surface area contributed by atoms with Gasteiger partial charge in [0.15, 0.2) is 0 Å². The Bertz CT molecular complexity index is 616. The summed E-state index contributed by atoms with van der Waals surface area (Å²) in [6.07, 6.45) is 3.38. The summed E-state index contributed by atoms with van der Waals surface area (Å²) in [6.45, 7) is 1.22. The zero-order valence-electron chi connectivity index (χ0n) is 14.2. The quantitative estimate of drug-likeness (QED) is 0.436. The molecule has 0 spiro atoms. The number of hydrogen-bond donors (Lipinski definition) is 3. The van der Waals surface area contributed by atoms with Crippen LogP contribution in [0.25, 0.3) is 0 Å². The van der Waals surface area contributed by atoms with Gasteiger partial charge in [0.2, 0.25) is 0 Å². The van der Waals surface area contributed by atoms with Crippen LogP contribution in [0.1, 0.15) is 40.3 Å². The molecule has 24 heavy (non-hydrogen) atoms. The average Bonchev–Trinajstić information content (AvgIpc) is 2.64. The Morgan fingerprint density at radius 1 is 0.917 bits per heavy atom. The summed E-state index contributed by atoms with van der Waals surface area (Å²) in [7, 11) is 0. The van der Waals surface area contributed by atoms with E-state index < -0.39 is 0 Å². The minimum Gasteiger partial charge on any atom is -0.326 e. The fourth-order valence-corrected chi connectivity index (χ4v) is 4.45. The molecule has 2 aromatic rings. The predicted octanol–water partition coefficient (Wildman–Crippen LogP) is 4.33. The molecular formula is C20H28N2S2. The van der Waals surface area contributed by atoms with Gasteiger partial charge in [0.05, 0.1) is 0 Å². The zero-order chi connectivity index (χ0) is 17.2. The van der Waals surface area contributed by atoms with E-state index in [9.17, 15) is 0 Å². The lowest BCUT2D eigenvalue weighted by Gasteiger charge is -2.17. The fraction of sp³-hybridized carbons (Fsp3) is 0.400. The second kappa shape index (κ2) is 10.8. The Balaban J connectivity index is 1.86. The maximum atomic E-state index is 5.77. The molecule has 4 N–H and O–H groups in total. The van der Waals surface area contributed by atoms with Crippen LogP contribution >= 0.6 is 24.4 Å². The normalized spacial score (nSPS) is 12.3. The minimum absolute atomic E-state index is 0.504. The van der Waals surface area contributed by atoms with Crippen LogP contribution in [0.2, 0.25) is 0 Å². The number of benzene rings is 2. The van der Waals surface area contributed by atoms with Gasteiger partial charge >= 0.3 is 0 Å². The smallest absolute Gasteiger partial charge is 0.0305 e. The van der Waals surface area contributed by atoms with Crippen molar-refractivity contribution in [1.82, 2.24) is 0 Å². The Labute approximate surface area is 155 Å². The number of hydrogen-bond acceptors (Lipinski definition) is 4. The van der Waals surface area contributed by atoms with E-state index in [2.05, 4.69) is 61.2 Å². The van der Waals surface area contributed by atoms with Crippen molar-refractivity contribution in [3.63, 3.8) is 0 Å². The van der Waals surface area contributed by atoms with Crippen LogP contribution in [-0.2, 0) is 19.5 Å². The third-order valence-corrected chi connectivity index (χ3v) is 5.80. The third-order valence-electron chi connectivity index (χ3n) is 4.11. The summed E-state index contributed by atoms with van der Waals surface area (Å²) < 4.78 is 0. The molecule has 2 aromatic carbocycles. The summed E-state index contributed by atoms with van der Waals surface area (Å²) in [5.41, 5.74) is 16.7. The second-order valence-electron chi connectivity index (χ2n) is 5.95. The van der Waals surface area contributed by atoms with E-state index in [-0.39, 0.29) is 0 Å². The van der Waals surface area contributed by atoms with Crippen LogP contribution in [0, 0.1) is 0 Å². The third kappa shape index (κ3) is 6.17. The van der Waals surface area contributed by atoms with Gasteiger partial charge in [-0.2, -0.15) is 24.4 Å². The maximum Gasteiger partial charge on any atom is 0.0305 e. The topological polar surface area (TPSA) is 52.0 Å². The highest BCUT2D eigenvalue weighted by Crippen LogP contribution is 2.33. The standard InChI is InChI=1S/C20H28N2S2/c21-14-17-5-1-4-16(12-17)7-3-11-24-20(9-10-23)19-8-2-6-18(13-19)15-22/h1-2,4-6,8,12-13,20,23H,3,7,9-11,14-15,21-22H2. The van der Waals surface area contributed by atoms with Crippen molar-refractivity contribution in [1.29, 1.82) is 0 Å². The van der Waals surface area contributed by atoms with Crippen LogP contribution in [0.15, 0.2) is 48.5 Å². The highest BCUT2D eigenvalue weighted by Gasteiger charge is 2.11. The first-order valence-electron chi connectivity index (χ1n) is 8.56. The molecule has 130 valence electrons. The SMILES string of the molecule is NCc1cccc(CCCSC(CCS)c2cccc(CN)c2)c1. The van der Waals surface area contributed by atoms with E-state index in [1.54, 1.807) is 0 Å². The van der Waals surface area contributed by atoms with Gasteiger partial charge in [-0.05, 0) is 53.0 Å². The number of nitrogens with two attached hydrogens (primary N) is 2. The molecule has 2 nitrogen and oxygen atoms in total. The monoisotopic (exact) mass is 360 g/mol. The first kappa shape index (κ1) is 19.4. The van der Waals surface area contributed by atoms with E-state index in [1.807, 2.05) is 11.8 Å². The van der Waals surface area contributed by atoms with E-state index in [0.717, 1.165) is 24.3 Å². The first-order valence-corrected chi connectivity index (χ1v) is 10.2. The Kier molecular flexibility index (Phi) is 8.75. The van der Waals surface area contributed by atoms with Crippen molar-refractivity contribution in [2.75, 3.05) is 11.5 Å². The highest BCUT2D eigenvalue weighted by atomic mass is 32.2. The van der Waals surface area contributed by atoms with Gasteiger partial charge in [-0.1, -0.05) is 48.5 Å². The molecule has 0 aliphatic carbocycles. The predicted molar refractivity (Wildman–Crippen MR) is 111 cm³/mol. The van der Waals surface area contributed by atoms with Crippen LogP contribution in [-0.4, -0.2) is 11.5 Å². The van der Waals surface area contributed by atoms with Crippen LogP contribution in [0.3, 0.4) is 0 Å². The van der Waals surface area contributed by atoms with Gasteiger partial charge in [-0.25, -0.2) is 0 Å². The molecular weight excluding hydrogens is 332 g/mol. The lowest BCUT2D eigenvalue weighted by atomic mass is 10.1. The van der Waals surface area contributed by atoms with Crippen LogP contribution in [0.4, 0.5) is 0 Å². The Hall–Kier alpha value is -0.940. The molecule has 0 saturated heterocycles. The molecule has 0 heterocycles. The molecule has 4 heteroatoms. The van der Waals surface area contributed by atoms with Crippen molar-refractivity contribution < 1.29 is 0 Å². The van der Waals surface area contributed by atoms with E-state index in [0.29, 0.717) is 18.3 Å². The average molecular weight is 361 g/mol. The number of thiol groups is 1. The molecule has 1 unspecified atom stereocenters. The summed E-state index contributed by atoms with van der Waals surface area (Å²) in [5.74, 6) is 2.06. The number of thioether (sulfide) groups is 1. The molecule has 0 saturated carbocycles. The van der Waals surface area contributed by atoms with Gasteiger partial charge < -0.3 is 11.5 Å². The van der Waals surface area contributed by atoms with Gasteiger partial charge in [-0.15, -0.1) is 0 Å². The van der Waals surface area contributed by atoms with Crippen molar-refractivity contribution in [3.8, 4) is 0 Å². The Morgan fingerprint density at radius 2 is 1.58 bits per heavy atom.